The molecule has 3 heterocycles. The minimum absolute atomic E-state index is 0.0989. The number of carbonyl (C=O) groups is 1. The van der Waals surface area contributed by atoms with Gasteiger partial charge in [-0.3, -0.25) is 9.78 Å². The first-order valence-electron chi connectivity index (χ1n) is 5.38. The van der Waals surface area contributed by atoms with Crippen LogP contribution in [0.4, 0.5) is 5.82 Å². The molecule has 3 rings (SSSR count). The summed E-state index contributed by atoms with van der Waals surface area (Å²) in [6.45, 7) is 0.608. The molecule has 0 spiro atoms. The summed E-state index contributed by atoms with van der Waals surface area (Å²) < 4.78 is 1.59. The molecule has 2 N–H and O–H groups in total. The number of hydrogen-bond acceptors (Lipinski definition) is 6. The first kappa shape index (κ1) is 9.94. The molecular formula is C9H11N7O. The van der Waals surface area contributed by atoms with E-state index in [4.69, 9.17) is 0 Å². The lowest BCUT2D eigenvalue weighted by Crippen LogP contribution is -2.42. The van der Waals surface area contributed by atoms with E-state index in [1.54, 1.807) is 16.9 Å². The van der Waals surface area contributed by atoms with Gasteiger partial charge in [0.05, 0.1) is 12.4 Å². The fraction of sp³-hybridized carbons (Fsp3) is 0.444. The van der Waals surface area contributed by atoms with Gasteiger partial charge in [0.25, 0.3) is 0 Å². The number of fused-ring (bicyclic) bond motifs is 1. The summed E-state index contributed by atoms with van der Waals surface area (Å²) in [5.41, 5.74) is 0.592. The van der Waals surface area contributed by atoms with Crippen LogP contribution in [-0.4, -0.2) is 43.5 Å². The topological polar surface area (TPSA) is 97.1 Å². The lowest BCUT2D eigenvalue weighted by atomic mass is 10.1. The first-order valence-corrected chi connectivity index (χ1v) is 5.38. The minimum atomic E-state index is 0.0989. The Kier molecular flexibility index (Phi) is 2.32. The number of nitrogens with one attached hydrogen (secondary N) is 2. The Labute approximate surface area is 96.4 Å². The summed E-state index contributed by atoms with van der Waals surface area (Å²) in [6.07, 6.45) is 4.59. The van der Waals surface area contributed by atoms with Crippen molar-refractivity contribution in [3.63, 3.8) is 0 Å². The van der Waals surface area contributed by atoms with E-state index >= 15 is 0 Å². The Morgan fingerprint density at radius 3 is 3.24 bits per heavy atom. The highest BCUT2D eigenvalue weighted by Gasteiger charge is 2.18. The Morgan fingerprint density at radius 1 is 1.47 bits per heavy atom. The normalized spacial score (nSPS) is 20.2. The molecule has 1 fully saturated rings. The molecule has 8 nitrogen and oxygen atoms in total. The molecule has 1 aliphatic heterocycles. The third kappa shape index (κ3) is 1.88. The van der Waals surface area contributed by atoms with Crippen LogP contribution < -0.4 is 10.6 Å². The van der Waals surface area contributed by atoms with Crippen LogP contribution in [-0.2, 0) is 4.79 Å². The number of nitrogens with zero attached hydrogens (tertiary/aromatic N) is 5. The molecule has 1 atom stereocenters. The number of rotatable bonds is 2. The van der Waals surface area contributed by atoms with Crippen LogP contribution in [0.5, 0.6) is 0 Å². The molecule has 17 heavy (non-hydrogen) atoms. The van der Waals surface area contributed by atoms with Gasteiger partial charge in [-0.1, -0.05) is 0 Å². The van der Waals surface area contributed by atoms with E-state index in [2.05, 4.69) is 31.1 Å². The Bertz CT molecular complexity index is 541. The summed E-state index contributed by atoms with van der Waals surface area (Å²) in [5, 5.41) is 17.3. The van der Waals surface area contributed by atoms with Gasteiger partial charge in [0, 0.05) is 19.0 Å². The average molecular weight is 233 g/mol. The van der Waals surface area contributed by atoms with Gasteiger partial charge >= 0.3 is 0 Å². The number of anilines is 1. The van der Waals surface area contributed by atoms with Crippen LogP contribution in [0.15, 0.2) is 12.4 Å². The molecule has 0 aromatic carbocycles. The van der Waals surface area contributed by atoms with Crippen molar-refractivity contribution in [1.29, 1.82) is 0 Å². The largest absolute Gasteiger partial charge is 0.364 e. The van der Waals surface area contributed by atoms with Crippen LogP contribution in [0.1, 0.15) is 12.8 Å². The second kappa shape index (κ2) is 3.96. The molecule has 0 radical (unpaired) electrons. The first-order chi connectivity index (χ1) is 8.33. The van der Waals surface area contributed by atoms with Crippen LogP contribution in [0.3, 0.4) is 0 Å². The van der Waals surface area contributed by atoms with Crippen molar-refractivity contribution in [2.75, 3.05) is 11.9 Å². The number of piperidine rings is 1. The van der Waals surface area contributed by atoms with Crippen molar-refractivity contribution in [3.05, 3.63) is 12.4 Å². The van der Waals surface area contributed by atoms with Crippen molar-refractivity contribution >= 4 is 17.4 Å². The zero-order chi connectivity index (χ0) is 11.7. The summed E-state index contributed by atoms with van der Waals surface area (Å²) in [4.78, 5) is 15.1. The summed E-state index contributed by atoms with van der Waals surface area (Å²) >= 11 is 0. The predicted octanol–water partition coefficient (Wildman–Crippen LogP) is -0.790. The van der Waals surface area contributed by atoms with E-state index < -0.39 is 0 Å². The van der Waals surface area contributed by atoms with E-state index in [1.807, 2.05) is 0 Å². The Morgan fingerprint density at radius 2 is 2.41 bits per heavy atom. The smallest absolute Gasteiger partial charge is 0.220 e. The van der Waals surface area contributed by atoms with E-state index in [-0.39, 0.29) is 11.9 Å². The number of hydrogen-bond donors (Lipinski definition) is 2. The molecule has 8 heteroatoms. The molecule has 2 aromatic rings. The highest BCUT2D eigenvalue weighted by Crippen LogP contribution is 2.11. The second-order valence-electron chi connectivity index (χ2n) is 3.93. The quantitative estimate of drug-likeness (QED) is 0.705. The summed E-state index contributed by atoms with van der Waals surface area (Å²) in [5.74, 6) is 0.829. The summed E-state index contributed by atoms with van der Waals surface area (Å²) in [7, 11) is 0. The molecule has 0 aliphatic carbocycles. The zero-order valence-corrected chi connectivity index (χ0v) is 9.00. The van der Waals surface area contributed by atoms with E-state index in [0.29, 0.717) is 18.6 Å². The van der Waals surface area contributed by atoms with E-state index in [9.17, 15) is 4.79 Å². The van der Waals surface area contributed by atoms with Crippen LogP contribution in [0, 0.1) is 0 Å². The van der Waals surface area contributed by atoms with Crippen LogP contribution >= 0.6 is 0 Å². The van der Waals surface area contributed by atoms with E-state index in [0.717, 1.165) is 12.2 Å². The lowest BCUT2D eigenvalue weighted by molar-refractivity contribution is -0.122. The Balaban J connectivity index is 1.80. The fourth-order valence-corrected chi connectivity index (χ4v) is 1.84. The highest BCUT2D eigenvalue weighted by molar-refractivity contribution is 5.77. The van der Waals surface area contributed by atoms with Crippen molar-refractivity contribution in [2.45, 2.75) is 18.9 Å². The molecule has 1 saturated heterocycles. The van der Waals surface area contributed by atoms with Gasteiger partial charge in [0.15, 0.2) is 11.5 Å². The summed E-state index contributed by atoms with van der Waals surface area (Å²) in [6, 6.07) is 0.185. The van der Waals surface area contributed by atoms with E-state index in [1.165, 1.54) is 0 Å². The second-order valence-corrected chi connectivity index (χ2v) is 3.93. The van der Waals surface area contributed by atoms with Crippen LogP contribution in [0.25, 0.3) is 5.65 Å². The van der Waals surface area contributed by atoms with Crippen molar-refractivity contribution in [1.82, 2.24) is 30.3 Å². The van der Waals surface area contributed by atoms with Gasteiger partial charge in [-0.05, 0) is 16.8 Å². The number of amides is 1. The molecule has 1 aliphatic rings. The standard InChI is InChI=1S/C9H11N7O/c17-9-2-1-6(3-11-9)12-7-4-10-5-8-13-14-15-16(7)8/h4-6,12H,1-3H2,(H,11,17). The number of aromatic nitrogens is 5. The maximum atomic E-state index is 11.0. The molecule has 0 bridgehead atoms. The maximum Gasteiger partial charge on any atom is 0.220 e. The SMILES string of the molecule is O=C1CCC(Nc2cncc3nnnn23)CN1. The van der Waals surface area contributed by atoms with Gasteiger partial charge in [0.1, 0.15) is 0 Å². The fourth-order valence-electron chi connectivity index (χ4n) is 1.84. The van der Waals surface area contributed by atoms with Gasteiger partial charge in [-0.25, -0.2) is 0 Å². The Hall–Kier alpha value is -2.25. The maximum absolute atomic E-state index is 11.0. The molecular weight excluding hydrogens is 222 g/mol. The molecule has 2 aromatic heterocycles. The molecule has 88 valence electrons. The van der Waals surface area contributed by atoms with Gasteiger partial charge in [-0.15, -0.1) is 5.10 Å². The van der Waals surface area contributed by atoms with Crippen LogP contribution in [0.2, 0.25) is 0 Å². The molecule has 1 unspecified atom stereocenters. The average Bonchev–Trinajstić information content (AvgIpc) is 2.81. The van der Waals surface area contributed by atoms with Gasteiger partial charge < -0.3 is 10.6 Å². The number of carbonyl (C=O) groups excluding carboxylic acids is 1. The minimum Gasteiger partial charge on any atom is -0.364 e. The number of tetrazole rings is 1. The zero-order valence-electron chi connectivity index (χ0n) is 9.00. The van der Waals surface area contributed by atoms with Crippen molar-refractivity contribution in [3.8, 4) is 0 Å². The molecule has 1 amide bonds. The van der Waals surface area contributed by atoms with Gasteiger partial charge in [-0.2, -0.15) is 4.52 Å². The van der Waals surface area contributed by atoms with Gasteiger partial charge in [0.2, 0.25) is 5.91 Å². The predicted molar refractivity (Wildman–Crippen MR) is 58.2 cm³/mol. The molecule has 0 saturated carbocycles. The van der Waals surface area contributed by atoms with Crippen molar-refractivity contribution < 1.29 is 4.79 Å². The third-order valence-electron chi connectivity index (χ3n) is 2.73. The highest BCUT2D eigenvalue weighted by atomic mass is 16.1. The third-order valence-corrected chi connectivity index (χ3v) is 2.73. The lowest BCUT2D eigenvalue weighted by Gasteiger charge is -2.24. The monoisotopic (exact) mass is 233 g/mol. The van der Waals surface area contributed by atoms with Crippen molar-refractivity contribution in [2.24, 2.45) is 0 Å².